The van der Waals surface area contributed by atoms with E-state index in [1.54, 1.807) is 12.3 Å². The monoisotopic (exact) mass is 337 g/mol. The van der Waals surface area contributed by atoms with Crippen LogP contribution >= 0.6 is 0 Å². The third kappa shape index (κ3) is 6.15. The molecule has 1 aliphatic heterocycles. The molecule has 0 bridgehead atoms. The highest BCUT2D eigenvalue weighted by molar-refractivity contribution is 6.70. The van der Waals surface area contributed by atoms with Crippen molar-refractivity contribution in [2.75, 3.05) is 13.2 Å². The summed E-state index contributed by atoms with van der Waals surface area (Å²) in [5.41, 5.74) is 0.580. The SMILES string of the molecule is C=C(/N=C/c1cc(F)ccc1OC1CCOCC1)O[Si](C)(C)C. The fraction of sp³-hybridized carbons (Fsp3) is 0.471. The first kappa shape index (κ1) is 17.7. The molecule has 0 N–H and O–H groups in total. The van der Waals surface area contributed by atoms with E-state index in [9.17, 15) is 4.39 Å². The Labute approximate surface area is 138 Å². The fourth-order valence-corrected chi connectivity index (χ4v) is 2.98. The third-order valence-electron chi connectivity index (χ3n) is 3.21. The Hall–Kier alpha value is -1.66. The average Bonchev–Trinajstić information content (AvgIpc) is 2.47. The van der Waals surface area contributed by atoms with Crippen LogP contribution < -0.4 is 4.74 Å². The molecule has 0 aliphatic carbocycles. The van der Waals surface area contributed by atoms with Crippen molar-refractivity contribution in [3.8, 4) is 5.75 Å². The predicted octanol–water partition coefficient (Wildman–Crippen LogP) is 4.13. The van der Waals surface area contributed by atoms with Gasteiger partial charge in [0, 0.05) is 24.6 Å². The molecule has 1 fully saturated rings. The Morgan fingerprint density at radius 2 is 2.04 bits per heavy atom. The summed E-state index contributed by atoms with van der Waals surface area (Å²) in [5.74, 6) is 0.621. The van der Waals surface area contributed by atoms with E-state index in [-0.39, 0.29) is 11.9 Å². The van der Waals surface area contributed by atoms with Gasteiger partial charge in [0.05, 0.1) is 13.2 Å². The van der Waals surface area contributed by atoms with Gasteiger partial charge >= 0.3 is 0 Å². The van der Waals surface area contributed by atoms with Gasteiger partial charge in [-0.05, 0) is 44.4 Å². The van der Waals surface area contributed by atoms with Crippen molar-refractivity contribution in [3.05, 3.63) is 42.0 Å². The Bertz CT molecular complexity index is 578. The molecule has 1 aromatic carbocycles. The fourth-order valence-electron chi connectivity index (χ4n) is 2.22. The summed E-state index contributed by atoms with van der Waals surface area (Å²) in [7, 11) is -1.75. The van der Waals surface area contributed by atoms with Gasteiger partial charge < -0.3 is 13.9 Å². The summed E-state index contributed by atoms with van der Waals surface area (Å²) < 4.78 is 30.5. The number of halogens is 1. The van der Waals surface area contributed by atoms with Crippen LogP contribution in [0.5, 0.6) is 5.75 Å². The van der Waals surface area contributed by atoms with E-state index in [4.69, 9.17) is 13.9 Å². The number of aliphatic imine (C=N–C) groups is 1. The van der Waals surface area contributed by atoms with E-state index in [1.165, 1.54) is 12.1 Å². The van der Waals surface area contributed by atoms with E-state index in [2.05, 4.69) is 31.2 Å². The molecular weight excluding hydrogens is 313 g/mol. The standard InChI is InChI=1S/C17H24FNO3Si/c1-13(22-23(2,3)4)19-12-14-11-15(18)5-6-17(14)21-16-7-9-20-10-8-16/h5-6,11-12,16H,1,7-10H2,2-4H3/b19-12+. The largest absolute Gasteiger partial charge is 0.532 e. The van der Waals surface area contributed by atoms with Gasteiger partial charge in [0.1, 0.15) is 17.7 Å². The second-order valence-corrected chi connectivity index (χ2v) is 10.9. The van der Waals surface area contributed by atoms with Gasteiger partial charge in [-0.1, -0.05) is 0 Å². The first-order valence-corrected chi connectivity index (χ1v) is 11.2. The van der Waals surface area contributed by atoms with E-state index < -0.39 is 8.32 Å². The molecule has 1 saturated heterocycles. The van der Waals surface area contributed by atoms with Gasteiger partial charge in [0.25, 0.3) is 0 Å². The number of hydrogen-bond acceptors (Lipinski definition) is 4. The Balaban J connectivity index is 2.10. The number of benzene rings is 1. The molecule has 1 heterocycles. The molecule has 4 nitrogen and oxygen atoms in total. The van der Waals surface area contributed by atoms with Crippen molar-refractivity contribution in [1.82, 2.24) is 0 Å². The number of hydrogen-bond donors (Lipinski definition) is 0. The zero-order valence-corrected chi connectivity index (χ0v) is 15.0. The summed E-state index contributed by atoms with van der Waals surface area (Å²) in [4.78, 5) is 4.20. The van der Waals surface area contributed by atoms with Crippen molar-refractivity contribution in [3.63, 3.8) is 0 Å². The van der Waals surface area contributed by atoms with Gasteiger partial charge in [-0.25, -0.2) is 9.38 Å². The van der Waals surface area contributed by atoms with Crippen LogP contribution in [0.15, 0.2) is 35.7 Å². The van der Waals surface area contributed by atoms with Gasteiger partial charge in [-0.2, -0.15) is 0 Å². The zero-order valence-electron chi connectivity index (χ0n) is 14.0. The normalized spacial score (nSPS) is 16.5. The lowest BCUT2D eigenvalue weighted by Gasteiger charge is -2.24. The molecule has 23 heavy (non-hydrogen) atoms. The van der Waals surface area contributed by atoms with Gasteiger partial charge in [-0.3, -0.25) is 0 Å². The van der Waals surface area contributed by atoms with Crippen LogP contribution in [0, 0.1) is 5.82 Å². The lowest BCUT2D eigenvalue weighted by Crippen LogP contribution is -2.26. The zero-order chi connectivity index (χ0) is 16.9. The summed E-state index contributed by atoms with van der Waals surface area (Å²) in [6, 6.07) is 4.42. The van der Waals surface area contributed by atoms with E-state index in [0.29, 0.717) is 30.4 Å². The minimum Gasteiger partial charge on any atom is -0.532 e. The van der Waals surface area contributed by atoms with Crippen LogP contribution in [0.2, 0.25) is 19.6 Å². The highest BCUT2D eigenvalue weighted by atomic mass is 28.4. The Morgan fingerprint density at radius 1 is 1.35 bits per heavy atom. The number of ether oxygens (including phenoxy) is 2. The van der Waals surface area contributed by atoms with Gasteiger partial charge in [0.2, 0.25) is 8.32 Å². The van der Waals surface area contributed by atoms with Crippen molar-refractivity contribution < 1.29 is 18.3 Å². The predicted molar refractivity (Wildman–Crippen MR) is 92.0 cm³/mol. The molecule has 2 rings (SSSR count). The van der Waals surface area contributed by atoms with Crippen LogP contribution in [-0.4, -0.2) is 33.8 Å². The van der Waals surface area contributed by atoms with Gasteiger partial charge in [-0.15, -0.1) is 0 Å². The van der Waals surface area contributed by atoms with Crippen LogP contribution in [0.1, 0.15) is 18.4 Å². The van der Waals surface area contributed by atoms with Crippen molar-refractivity contribution in [2.45, 2.75) is 38.6 Å². The molecule has 0 aromatic heterocycles. The molecular formula is C17H24FNO3Si. The van der Waals surface area contributed by atoms with Gasteiger partial charge in [0.15, 0.2) is 5.88 Å². The molecule has 0 atom stereocenters. The molecule has 126 valence electrons. The van der Waals surface area contributed by atoms with Crippen LogP contribution in [-0.2, 0) is 9.16 Å². The summed E-state index contributed by atoms with van der Waals surface area (Å²) in [5, 5.41) is 0. The molecule has 0 radical (unpaired) electrons. The lowest BCUT2D eigenvalue weighted by molar-refractivity contribution is 0.0255. The molecule has 6 heteroatoms. The molecule has 0 unspecified atom stereocenters. The molecule has 0 spiro atoms. The Kier molecular flexibility index (Phi) is 5.95. The Morgan fingerprint density at radius 3 is 2.70 bits per heavy atom. The van der Waals surface area contributed by atoms with Crippen molar-refractivity contribution >= 4 is 14.5 Å². The first-order valence-electron chi connectivity index (χ1n) is 7.79. The summed E-state index contributed by atoms with van der Waals surface area (Å²) in [6.45, 7) is 11.3. The van der Waals surface area contributed by atoms with Crippen LogP contribution in [0.3, 0.4) is 0 Å². The number of rotatable bonds is 6. The van der Waals surface area contributed by atoms with E-state index in [0.717, 1.165) is 12.8 Å². The van der Waals surface area contributed by atoms with E-state index in [1.807, 2.05) is 0 Å². The maximum absolute atomic E-state index is 13.5. The smallest absolute Gasteiger partial charge is 0.244 e. The lowest BCUT2D eigenvalue weighted by atomic mass is 10.1. The first-order chi connectivity index (χ1) is 10.8. The minimum absolute atomic E-state index is 0.0859. The van der Waals surface area contributed by atoms with Crippen molar-refractivity contribution in [2.24, 2.45) is 4.99 Å². The highest BCUT2D eigenvalue weighted by Crippen LogP contribution is 2.23. The maximum Gasteiger partial charge on any atom is 0.244 e. The number of nitrogens with zero attached hydrogens (tertiary/aromatic N) is 1. The molecule has 0 amide bonds. The highest BCUT2D eigenvalue weighted by Gasteiger charge is 2.18. The summed E-state index contributed by atoms with van der Waals surface area (Å²) in [6.07, 6.45) is 3.29. The molecule has 0 saturated carbocycles. The third-order valence-corrected chi connectivity index (χ3v) is 4.05. The molecule has 1 aromatic rings. The quantitative estimate of drug-likeness (QED) is 0.445. The average molecular weight is 337 g/mol. The second-order valence-electron chi connectivity index (χ2n) is 6.48. The topological polar surface area (TPSA) is 40.0 Å². The molecule has 1 aliphatic rings. The second kappa shape index (κ2) is 7.74. The summed E-state index contributed by atoms with van der Waals surface area (Å²) >= 11 is 0. The van der Waals surface area contributed by atoms with Crippen LogP contribution in [0.4, 0.5) is 4.39 Å². The maximum atomic E-state index is 13.5. The van der Waals surface area contributed by atoms with Crippen molar-refractivity contribution in [1.29, 1.82) is 0 Å². The van der Waals surface area contributed by atoms with Crippen LogP contribution in [0.25, 0.3) is 0 Å². The van der Waals surface area contributed by atoms with E-state index >= 15 is 0 Å². The minimum atomic E-state index is -1.75.